The van der Waals surface area contributed by atoms with E-state index in [1.54, 1.807) is 0 Å². The third kappa shape index (κ3) is 3.44. The molecule has 0 aliphatic carbocycles. The number of aryl methyl sites for hydroxylation is 1. The van der Waals surface area contributed by atoms with Crippen LogP contribution in [-0.4, -0.2) is 28.6 Å². The van der Waals surface area contributed by atoms with Gasteiger partial charge in [0.1, 0.15) is 6.04 Å². The third-order valence-electron chi connectivity index (χ3n) is 4.48. The van der Waals surface area contributed by atoms with Gasteiger partial charge < -0.3 is 5.11 Å². The summed E-state index contributed by atoms with van der Waals surface area (Å²) in [5.41, 5.74) is 2.42. The van der Waals surface area contributed by atoms with Crippen LogP contribution in [0.15, 0.2) is 36.4 Å². The van der Waals surface area contributed by atoms with E-state index in [0.29, 0.717) is 6.42 Å². The summed E-state index contributed by atoms with van der Waals surface area (Å²) in [5, 5.41) is 9.55. The molecule has 3 nitrogen and oxygen atoms in total. The number of rotatable bonds is 5. The molecule has 5 heteroatoms. The molecule has 1 aromatic carbocycles. The Kier molecular flexibility index (Phi) is 5.05. The molecular formula is C18H20ClNO2S. The number of benzene rings is 1. The summed E-state index contributed by atoms with van der Waals surface area (Å²) in [6.07, 6.45) is 2.62. The van der Waals surface area contributed by atoms with Crippen LogP contribution in [0, 0.1) is 0 Å². The molecule has 1 aliphatic rings. The van der Waals surface area contributed by atoms with Gasteiger partial charge in [0.05, 0.1) is 10.4 Å². The van der Waals surface area contributed by atoms with Gasteiger partial charge >= 0.3 is 5.97 Å². The number of hydrogen-bond donors (Lipinski definition) is 1. The van der Waals surface area contributed by atoms with Gasteiger partial charge in [0, 0.05) is 11.4 Å². The number of halogens is 1. The van der Waals surface area contributed by atoms with Crippen molar-refractivity contribution in [3.63, 3.8) is 0 Å². The highest BCUT2D eigenvalue weighted by molar-refractivity contribution is 7.16. The normalized spacial score (nSPS) is 19.8. The van der Waals surface area contributed by atoms with Crippen LogP contribution in [0.4, 0.5) is 0 Å². The molecule has 0 saturated carbocycles. The number of carboxylic acid groups (broad SMARTS) is 1. The van der Waals surface area contributed by atoms with Crippen molar-refractivity contribution in [1.29, 1.82) is 0 Å². The molecule has 0 radical (unpaired) electrons. The first-order chi connectivity index (χ1) is 11.1. The molecule has 122 valence electrons. The molecule has 2 unspecified atom stereocenters. The Balaban J connectivity index is 2.01. The van der Waals surface area contributed by atoms with Gasteiger partial charge in [-0.25, -0.2) is 0 Å². The second-order valence-corrected chi connectivity index (χ2v) is 7.62. The second-order valence-electron chi connectivity index (χ2n) is 5.87. The molecule has 0 bridgehead atoms. The highest BCUT2D eigenvalue weighted by Crippen LogP contribution is 2.39. The molecule has 1 fully saturated rings. The van der Waals surface area contributed by atoms with E-state index in [1.807, 2.05) is 12.1 Å². The molecule has 3 rings (SSSR count). The Labute approximate surface area is 145 Å². The summed E-state index contributed by atoms with van der Waals surface area (Å²) in [6.45, 7) is 2.93. The van der Waals surface area contributed by atoms with Crippen molar-refractivity contribution in [1.82, 2.24) is 4.90 Å². The lowest BCUT2D eigenvalue weighted by Gasteiger charge is -2.31. The summed E-state index contributed by atoms with van der Waals surface area (Å²) in [7, 11) is 0. The maximum absolute atomic E-state index is 11.6. The van der Waals surface area contributed by atoms with Crippen molar-refractivity contribution in [3.8, 4) is 0 Å². The van der Waals surface area contributed by atoms with E-state index in [4.69, 9.17) is 11.6 Å². The van der Waals surface area contributed by atoms with E-state index in [-0.39, 0.29) is 6.04 Å². The van der Waals surface area contributed by atoms with E-state index < -0.39 is 12.0 Å². The number of hydrogen-bond acceptors (Lipinski definition) is 3. The zero-order valence-electron chi connectivity index (χ0n) is 13.0. The van der Waals surface area contributed by atoms with Crippen LogP contribution < -0.4 is 0 Å². The summed E-state index contributed by atoms with van der Waals surface area (Å²) < 4.78 is 0.737. The van der Waals surface area contributed by atoms with Crippen molar-refractivity contribution >= 4 is 28.9 Å². The van der Waals surface area contributed by atoms with Gasteiger partial charge in [-0.05, 0) is 42.5 Å². The minimum atomic E-state index is -0.736. The first-order valence-corrected chi connectivity index (χ1v) is 9.12. The van der Waals surface area contributed by atoms with Gasteiger partial charge in [-0.3, -0.25) is 9.69 Å². The fourth-order valence-corrected chi connectivity index (χ4v) is 4.50. The standard InChI is InChI=1S/C18H20ClNO2S/c1-2-12-5-7-13(8-6-12)17(15-9-10-16(19)23-15)20-11-3-4-14(20)18(21)22/h5-10,14,17H,2-4,11H2,1H3,(H,21,22). The summed E-state index contributed by atoms with van der Waals surface area (Å²) in [6, 6.07) is 11.9. The Hall–Kier alpha value is -1.36. The van der Waals surface area contributed by atoms with Gasteiger partial charge in [-0.15, -0.1) is 11.3 Å². The predicted molar refractivity (Wildman–Crippen MR) is 94.4 cm³/mol. The molecule has 2 atom stereocenters. The number of carbonyl (C=O) groups is 1. The van der Waals surface area contributed by atoms with Crippen molar-refractivity contribution in [2.75, 3.05) is 6.54 Å². The van der Waals surface area contributed by atoms with Gasteiger partial charge in [0.2, 0.25) is 0 Å². The van der Waals surface area contributed by atoms with Gasteiger partial charge in [-0.1, -0.05) is 42.8 Å². The second kappa shape index (κ2) is 7.04. The molecular weight excluding hydrogens is 330 g/mol. The average Bonchev–Trinajstić information content (AvgIpc) is 3.18. The van der Waals surface area contributed by atoms with Crippen molar-refractivity contribution in [3.05, 3.63) is 56.7 Å². The minimum Gasteiger partial charge on any atom is -0.480 e. The lowest BCUT2D eigenvalue weighted by Crippen LogP contribution is -2.39. The van der Waals surface area contributed by atoms with Crippen LogP contribution >= 0.6 is 22.9 Å². The van der Waals surface area contributed by atoms with E-state index in [9.17, 15) is 9.90 Å². The van der Waals surface area contributed by atoms with E-state index in [0.717, 1.165) is 34.2 Å². The SMILES string of the molecule is CCc1ccc(C(c2ccc(Cl)s2)N2CCCC2C(=O)O)cc1. The fraction of sp³-hybridized carbons (Fsp3) is 0.389. The Bertz CT molecular complexity index is 683. The lowest BCUT2D eigenvalue weighted by molar-refractivity contribution is -0.142. The number of likely N-dealkylation sites (tertiary alicyclic amines) is 1. The van der Waals surface area contributed by atoms with Crippen molar-refractivity contribution < 1.29 is 9.90 Å². The Morgan fingerprint density at radius 1 is 1.35 bits per heavy atom. The average molecular weight is 350 g/mol. The molecule has 23 heavy (non-hydrogen) atoms. The number of nitrogens with zero attached hydrogens (tertiary/aromatic N) is 1. The number of carboxylic acids is 1. The largest absolute Gasteiger partial charge is 0.480 e. The highest BCUT2D eigenvalue weighted by Gasteiger charge is 2.37. The Morgan fingerprint density at radius 3 is 2.65 bits per heavy atom. The van der Waals surface area contributed by atoms with Crippen LogP contribution in [-0.2, 0) is 11.2 Å². The zero-order valence-corrected chi connectivity index (χ0v) is 14.6. The van der Waals surface area contributed by atoms with Crippen LogP contribution in [0.25, 0.3) is 0 Å². The monoisotopic (exact) mass is 349 g/mol. The Morgan fingerprint density at radius 2 is 2.09 bits per heavy atom. The number of aliphatic carboxylic acids is 1. The molecule has 0 amide bonds. The molecule has 1 N–H and O–H groups in total. The number of thiophene rings is 1. The quantitative estimate of drug-likeness (QED) is 0.857. The van der Waals surface area contributed by atoms with E-state index >= 15 is 0 Å². The minimum absolute atomic E-state index is 0.0398. The van der Waals surface area contributed by atoms with Crippen molar-refractivity contribution in [2.45, 2.75) is 38.3 Å². The first-order valence-electron chi connectivity index (χ1n) is 7.92. The van der Waals surface area contributed by atoms with E-state index in [1.165, 1.54) is 16.9 Å². The zero-order chi connectivity index (χ0) is 16.4. The highest BCUT2D eigenvalue weighted by atomic mass is 35.5. The maximum atomic E-state index is 11.6. The van der Waals surface area contributed by atoms with Crippen LogP contribution in [0.3, 0.4) is 0 Å². The lowest BCUT2D eigenvalue weighted by atomic mass is 10.0. The molecule has 2 heterocycles. The van der Waals surface area contributed by atoms with Gasteiger partial charge in [0.25, 0.3) is 0 Å². The van der Waals surface area contributed by atoms with Crippen LogP contribution in [0.5, 0.6) is 0 Å². The van der Waals surface area contributed by atoms with Crippen molar-refractivity contribution in [2.24, 2.45) is 0 Å². The van der Waals surface area contributed by atoms with Gasteiger partial charge in [-0.2, -0.15) is 0 Å². The topological polar surface area (TPSA) is 40.5 Å². The maximum Gasteiger partial charge on any atom is 0.320 e. The molecule has 0 spiro atoms. The first kappa shape index (κ1) is 16.5. The van der Waals surface area contributed by atoms with Crippen LogP contribution in [0.1, 0.15) is 41.8 Å². The van der Waals surface area contributed by atoms with Gasteiger partial charge in [0.15, 0.2) is 0 Å². The fourth-order valence-electron chi connectivity index (χ4n) is 3.29. The summed E-state index contributed by atoms with van der Waals surface area (Å²) >= 11 is 7.66. The predicted octanol–water partition coefficient (Wildman–Crippen LogP) is 4.60. The summed E-state index contributed by atoms with van der Waals surface area (Å²) in [5.74, 6) is -0.736. The third-order valence-corrected chi connectivity index (χ3v) is 5.76. The summed E-state index contributed by atoms with van der Waals surface area (Å²) in [4.78, 5) is 14.8. The smallest absolute Gasteiger partial charge is 0.320 e. The molecule has 1 saturated heterocycles. The molecule has 1 aromatic heterocycles. The molecule has 1 aliphatic heterocycles. The van der Waals surface area contributed by atoms with E-state index in [2.05, 4.69) is 36.1 Å². The van der Waals surface area contributed by atoms with Crippen LogP contribution in [0.2, 0.25) is 4.34 Å². The molecule has 2 aromatic rings.